The van der Waals surface area contributed by atoms with Crippen LogP contribution < -0.4 is 4.74 Å². The first-order valence-electron chi connectivity index (χ1n) is 8.55. The van der Waals surface area contributed by atoms with E-state index < -0.39 is 27.3 Å². The standard InChI is InChI=1S/C20H12F3N3O5/c21-20(22,23)14-4-9-19(18(11-14)26(29)30)31-17-3-1-2-13(10-17)12-24-15-5-7-16(8-6-15)25(27)28/h1-12H. The lowest BCUT2D eigenvalue weighted by atomic mass is 10.1. The lowest BCUT2D eigenvalue weighted by molar-refractivity contribution is -0.385. The van der Waals surface area contributed by atoms with Crippen LogP contribution in [0.1, 0.15) is 11.1 Å². The zero-order chi connectivity index (χ0) is 22.6. The van der Waals surface area contributed by atoms with Crippen molar-refractivity contribution in [2.45, 2.75) is 6.18 Å². The van der Waals surface area contributed by atoms with Crippen molar-refractivity contribution in [2.24, 2.45) is 4.99 Å². The second kappa shape index (κ2) is 8.61. The number of rotatable bonds is 6. The molecule has 0 aromatic heterocycles. The van der Waals surface area contributed by atoms with Crippen molar-refractivity contribution in [1.82, 2.24) is 0 Å². The van der Waals surface area contributed by atoms with Gasteiger partial charge in [0, 0.05) is 24.4 Å². The Hall–Kier alpha value is -4.28. The first-order chi connectivity index (χ1) is 14.6. The molecule has 0 atom stereocenters. The molecule has 0 heterocycles. The van der Waals surface area contributed by atoms with Crippen LogP contribution in [0.3, 0.4) is 0 Å². The third-order valence-electron chi connectivity index (χ3n) is 3.99. The van der Waals surface area contributed by atoms with E-state index in [1.165, 1.54) is 42.6 Å². The molecule has 0 unspecified atom stereocenters. The summed E-state index contributed by atoms with van der Waals surface area (Å²) in [5, 5.41) is 21.8. The molecule has 0 spiro atoms. The molecule has 0 fully saturated rings. The fourth-order valence-electron chi connectivity index (χ4n) is 2.52. The van der Waals surface area contributed by atoms with Gasteiger partial charge in [-0.2, -0.15) is 13.2 Å². The van der Waals surface area contributed by atoms with E-state index in [0.29, 0.717) is 23.4 Å². The van der Waals surface area contributed by atoms with Crippen LogP contribution in [-0.2, 0) is 6.18 Å². The largest absolute Gasteiger partial charge is 0.450 e. The molecule has 3 rings (SSSR count). The average Bonchev–Trinajstić information content (AvgIpc) is 2.72. The normalized spacial score (nSPS) is 11.5. The molecule has 3 aromatic carbocycles. The lowest BCUT2D eigenvalue weighted by Crippen LogP contribution is -2.06. The lowest BCUT2D eigenvalue weighted by Gasteiger charge is -2.10. The van der Waals surface area contributed by atoms with Crippen LogP contribution in [0.15, 0.2) is 71.7 Å². The molecule has 0 aliphatic carbocycles. The van der Waals surface area contributed by atoms with Gasteiger partial charge in [-0.1, -0.05) is 12.1 Å². The maximum Gasteiger partial charge on any atom is 0.416 e. The Morgan fingerprint density at radius 2 is 1.61 bits per heavy atom. The topological polar surface area (TPSA) is 108 Å². The maximum atomic E-state index is 12.8. The summed E-state index contributed by atoms with van der Waals surface area (Å²) in [5.74, 6) is -0.196. The Morgan fingerprint density at radius 3 is 2.23 bits per heavy atom. The molecular formula is C20H12F3N3O5. The van der Waals surface area contributed by atoms with Gasteiger partial charge < -0.3 is 4.74 Å². The number of alkyl halides is 3. The monoisotopic (exact) mass is 431 g/mol. The minimum Gasteiger partial charge on any atom is -0.450 e. The third-order valence-corrected chi connectivity index (χ3v) is 3.99. The van der Waals surface area contributed by atoms with Gasteiger partial charge in [0.2, 0.25) is 5.75 Å². The van der Waals surface area contributed by atoms with E-state index in [2.05, 4.69) is 4.99 Å². The van der Waals surface area contributed by atoms with Crippen molar-refractivity contribution in [1.29, 1.82) is 0 Å². The van der Waals surface area contributed by atoms with Gasteiger partial charge in [-0.05, 0) is 42.0 Å². The molecule has 8 nitrogen and oxygen atoms in total. The number of benzene rings is 3. The summed E-state index contributed by atoms with van der Waals surface area (Å²) in [6.45, 7) is 0. The number of non-ortho nitro benzene ring substituents is 1. The van der Waals surface area contributed by atoms with E-state index in [-0.39, 0.29) is 17.2 Å². The molecule has 0 aliphatic heterocycles. The number of aliphatic imine (C=N–C) groups is 1. The summed E-state index contributed by atoms with van der Waals surface area (Å²) in [7, 11) is 0. The Labute approximate surface area is 172 Å². The number of halogens is 3. The van der Waals surface area contributed by atoms with Crippen LogP contribution in [0.25, 0.3) is 0 Å². The molecular weight excluding hydrogens is 419 g/mol. The number of nitro benzene ring substituents is 2. The Morgan fingerprint density at radius 1 is 0.903 bits per heavy atom. The molecule has 0 bridgehead atoms. The second-order valence-electron chi connectivity index (χ2n) is 6.14. The van der Waals surface area contributed by atoms with Crippen LogP contribution >= 0.6 is 0 Å². The second-order valence-corrected chi connectivity index (χ2v) is 6.14. The van der Waals surface area contributed by atoms with E-state index >= 15 is 0 Å². The number of hydrogen-bond donors (Lipinski definition) is 0. The highest BCUT2D eigenvalue weighted by atomic mass is 19.4. The summed E-state index contributed by atoms with van der Waals surface area (Å²) in [6.07, 6.45) is -3.28. The van der Waals surface area contributed by atoms with Crippen molar-refractivity contribution in [3.8, 4) is 11.5 Å². The minimum atomic E-state index is -4.72. The fraction of sp³-hybridized carbons (Fsp3) is 0.0500. The summed E-state index contributed by atoms with van der Waals surface area (Å²) < 4.78 is 43.9. The van der Waals surface area contributed by atoms with Crippen molar-refractivity contribution in [2.75, 3.05) is 0 Å². The van der Waals surface area contributed by atoms with E-state index in [1.54, 1.807) is 12.1 Å². The predicted molar refractivity (Wildman–Crippen MR) is 105 cm³/mol. The highest BCUT2D eigenvalue weighted by Crippen LogP contribution is 2.37. The van der Waals surface area contributed by atoms with E-state index in [4.69, 9.17) is 4.74 Å². The molecule has 11 heteroatoms. The van der Waals surface area contributed by atoms with Crippen LogP contribution in [0.2, 0.25) is 0 Å². The first-order valence-corrected chi connectivity index (χ1v) is 8.55. The van der Waals surface area contributed by atoms with Gasteiger partial charge in [-0.25, -0.2) is 0 Å². The Kier molecular flexibility index (Phi) is 5.95. The molecule has 0 saturated carbocycles. The molecule has 3 aromatic rings. The van der Waals surface area contributed by atoms with E-state index in [0.717, 1.165) is 6.07 Å². The van der Waals surface area contributed by atoms with Gasteiger partial charge in [-0.15, -0.1) is 0 Å². The van der Waals surface area contributed by atoms with Crippen LogP contribution in [0.5, 0.6) is 11.5 Å². The Balaban J connectivity index is 1.82. The summed E-state index contributed by atoms with van der Waals surface area (Å²) >= 11 is 0. The van der Waals surface area contributed by atoms with Crippen LogP contribution in [0.4, 0.5) is 30.2 Å². The zero-order valence-corrected chi connectivity index (χ0v) is 15.4. The Bertz CT molecular complexity index is 1160. The molecule has 158 valence electrons. The molecule has 0 aliphatic rings. The van der Waals surface area contributed by atoms with Gasteiger partial charge in [-0.3, -0.25) is 25.2 Å². The number of hydrogen-bond acceptors (Lipinski definition) is 6. The van der Waals surface area contributed by atoms with Crippen molar-refractivity contribution in [3.05, 3.63) is 98.1 Å². The third kappa shape index (κ3) is 5.41. The van der Waals surface area contributed by atoms with Crippen molar-refractivity contribution in [3.63, 3.8) is 0 Å². The maximum absolute atomic E-state index is 12.8. The fourth-order valence-corrected chi connectivity index (χ4v) is 2.52. The van der Waals surface area contributed by atoms with Gasteiger partial charge in [0.1, 0.15) is 5.75 Å². The van der Waals surface area contributed by atoms with Crippen molar-refractivity contribution < 1.29 is 27.8 Å². The van der Waals surface area contributed by atoms with E-state index in [9.17, 15) is 33.4 Å². The van der Waals surface area contributed by atoms with Gasteiger partial charge >= 0.3 is 11.9 Å². The quantitative estimate of drug-likeness (QED) is 0.268. The smallest absolute Gasteiger partial charge is 0.416 e. The molecule has 0 amide bonds. The van der Waals surface area contributed by atoms with Crippen LogP contribution in [0, 0.1) is 20.2 Å². The van der Waals surface area contributed by atoms with Gasteiger partial charge in [0.15, 0.2) is 0 Å². The minimum absolute atomic E-state index is 0.0764. The number of ether oxygens (including phenoxy) is 1. The molecule has 31 heavy (non-hydrogen) atoms. The average molecular weight is 431 g/mol. The number of nitro groups is 2. The highest BCUT2D eigenvalue weighted by Gasteiger charge is 2.33. The van der Waals surface area contributed by atoms with Crippen molar-refractivity contribution >= 4 is 23.3 Å². The molecule has 0 N–H and O–H groups in total. The van der Waals surface area contributed by atoms with Gasteiger partial charge in [0.05, 0.1) is 21.1 Å². The van der Waals surface area contributed by atoms with Gasteiger partial charge in [0.25, 0.3) is 5.69 Å². The zero-order valence-electron chi connectivity index (χ0n) is 15.4. The summed E-state index contributed by atoms with van der Waals surface area (Å²) in [6, 6.07) is 13.7. The summed E-state index contributed by atoms with van der Waals surface area (Å²) in [4.78, 5) is 24.5. The summed E-state index contributed by atoms with van der Waals surface area (Å²) in [5.41, 5.74) is -1.07. The predicted octanol–water partition coefficient (Wildman–Crippen LogP) is 6.06. The molecule has 0 radical (unpaired) electrons. The highest BCUT2D eigenvalue weighted by molar-refractivity contribution is 5.82. The van der Waals surface area contributed by atoms with E-state index in [1.807, 2.05) is 0 Å². The first kappa shape index (κ1) is 21.4. The molecule has 0 saturated heterocycles. The SMILES string of the molecule is O=[N+]([O-])c1ccc(N=Cc2cccc(Oc3ccc(C(F)(F)F)cc3[N+](=O)[O-])c2)cc1. The van der Waals surface area contributed by atoms with Crippen LogP contribution in [-0.4, -0.2) is 16.1 Å². The number of nitrogens with zero attached hydrogens (tertiary/aromatic N) is 3.